The maximum absolute atomic E-state index is 12.9. The first-order chi connectivity index (χ1) is 9.65. The van der Waals surface area contributed by atoms with Crippen LogP contribution in [0.1, 0.15) is 65.2 Å². The summed E-state index contributed by atoms with van der Waals surface area (Å²) < 4.78 is 0. The standard InChI is InChI=1S/C16H28N2O2/c1-3-9-16(13-17,10-4-2)15(20)18(11-12-19)14-7-5-6-8-14/h14,19H,3-12H2,1-2H3. The molecule has 1 N–H and O–H groups in total. The fraction of sp³-hybridized carbons (Fsp3) is 0.875. The first-order valence-electron chi connectivity index (χ1n) is 7.98. The molecular weight excluding hydrogens is 252 g/mol. The number of carbonyl (C=O) groups excluding carboxylic acids is 1. The SMILES string of the molecule is CCCC(C#N)(CCC)C(=O)N(CCO)C1CCCC1. The average Bonchev–Trinajstić information content (AvgIpc) is 2.97. The molecule has 0 heterocycles. The number of nitriles is 1. The van der Waals surface area contributed by atoms with Gasteiger partial charge in [0.1, 0.15) is 5.41 Å². The number of carbonyl (C=O) groups is 1. The van der Waals surface area contributed by atoms with Crippen LogP contribution in [0.5, 0.6) is 0 Å². The second-order valence-corrected chi connectivity index (χ2v) is 5.85. The Hall–Kier alpha value is -1.08. The van der Waals surface area contributed by atoms with Crippen LogP contribution in [0.2, 0.25) is 0 Å². The predicted octanol–water partition coefficient (Wildman–Crippen LogP) is 2.86. The molecule has 0 saturated heterocycles. The highest BCUT2D eigenvalue weighted by molar-refractivity contribution is 5.85. The number of rotatable bonds is 8. The monoisotopic (exact) mass is 280 g/mol. The number of aliphatic hydroxyl groups excluding tert-OH is 1. The van der Waals surface area contributed by atoms with Crippen molar-refractivity contribution >= 4 is 5.91 Å². The van der Waals surface area contributed by atoms with E-state index >= 15 is 0 Å². The molecule has 0 aromatic heterocycles. The van der Waals surface area contributed by atoms with Gasteiger partial charge in [-0.15, -0.1) is 0 Å². The van der Waals surface area contributed by atoms with Crippen molar-refractivity contribution < 1.29 is 9.90 Å². The van der Waals surface area contributed by atoms with Crippen molar-refractivity contribution in [1.29, 1.82) is 5.26 Å². The van der Waals surface area contributed by atoms with E-state index in [2.05, 4.69) is 6.07 Å². The second-order valence-electron chi connectivity index (χ2n) is 5.85. The van der Waals surface area contributed by atoms with Gasteiger partial charge in [0, 0.05) is 12.6 Å². The van der Waals surface area contributed by atoms with Crippen molar-refractivity contribution in [3.8, 4) is 6.07 Å². The highest BCUT2D eigenvalue weighted by Crippen LogP contribution is 2.34. The maximum atomic E-state index is 12.9. The molecular formula is C16H28N2O2. The van der Waals surface area contributed by atoms with Crippen molar-refractivity contribution in [3.05, 3.63) is 0 Å². The summed E-state index contributed by atoms with van der Waals surface area (Å²) in [5.74, 6) is -0.0512. The number of hydrogen-bond donors (Lipinski definition) is 1. The summed E-state index contributed by atoms with van der Waals surface area (Å²) in [5, 5.41) is 18.9. The number of hydrogen-bond acceptors (Lipinski definition) is 3. The molecule has 1 rings (SSSR count). The lowest BCUT2D eigenvalue weighted by molar-refractivity contribution is -0.142. The van der Waals surface area contributed by atoms with Crippen LogP contribution in [0, 0.1) is 16.7 Å². The molecule has 0 aliphatic heterocycles. The van der Waals surface area contributed by atoms with Crippen LogP contribution in [0.15, 0.2) is 0 Å². The Kier molecular flexibility index (Phi) is 7.01. The molecule has 1 fully saturated rings. The van der Waals surface area contributed by atoms with Crippen LogP contribution < -0.4 is 0 Å². The van der Waals surface area contributed by atoms with Crippen LogP contribution in [-0.2, 0) is 4.79 Å². The zero-order chi connectivity index (χ0) is 15.0. The van der Waals surface area contributed by atoms with Gasteiger partial charge in [-0.1, -0.05) is 39.5 Å². The third-order valence-corrected chi connectivity index (χ3v) is 4.34. The average molecular weight is 280 g/mol. The molecule has 4 nitrogen and oxygen atoms in total. The van der Waals surface area contributed by atoms with Gasteiger partial charge in [-0.05, 0) is 25.7 Å². The zero-order valence-electron chi connectivity index (χ0n) is 12.9. The maximum Gasteiger partial charge on any atom is 0.243 e. The molecule has 1 saturated carbocycles. The van der Waals surface area contributed by atoms with Gasteiger partial charge in [-0.3, -0.25) is 4.79 Å². The lowest BCUT2D eigenvalue weighted by Gasteiger charge is -2.36. The molecule has 1 aliphatic rings. The van der Waals surface area contributed by atoms with E-state index in [-0.39, 0.29) is 18.6 Å². The van der Waals surface area contributed by atoms with Crippen LogP contribution in [0.3, 0.4) is 0 Å². The smallest absolute Gasteiger partial charge is 0.243 e. The molecule has 4 heteroatoms. The molecule has 114 valence electrons. The summed E-state index contributed by atoms with van der Waals surface area (Å²) in [6, 6.07) is 2.53. The van der Waals surface area contributed by atoms with E-state index in [0.29, 0.717) is 19.4 Å². The van der Waals surface area contributed by atoms with E-state index in [1.54, 1.807) is 4.90 Å². The highest BCUT2D eigenvalue weighted by Gasteiger charge is 2.42. The van der Waals surface area contributed by atoms with Gasteiger partial charge in [0.05, 0.1) is 12.7 Å². The molecule has 1 aliphatic carbocycles. The minimum absolute atomic E-state index is 0.0258. The van der Waals surface area contributed by atoms with Gasteiger partial charge >= 0.3 is 0 Å². The van der Waals surface area contributed by atoms with E-state index in [0.717, 1.165) is 38.5 Å². The number of nitrogens with zero attached hydrogens (tertiary/aromatic N) is 2. The zero-order valence-corrected chi connectivity index (χ0v) is 12.9. The molecule has 0 aromatic rings. The predicted molar refractivity (Wildman–Crippen MR) is 78.9 cm³/mol. The Bertz CT molecular complexity index is 337. The Labute approximate surface area is 122 Å². The van der Waals surface area contributed by atoms with E-state index < -0.39 is 5.41 Å². The van der Waals surface area contributed by atoms with Crippen LogP contribution >= 0.6 is 0 Å². The highest BCUT2D eigenvalue weighted by atomic mass is 16.3. The van der Waals surface area contributed by atoms with Crippen LogP contribution in [0.4, 0.5) is 0 Å². The summed E-state index contributed by atoms with van der Waals surface area (Å²) >= 11 is 0. The normalized spacial score (nSPS) is 16.1. The Morgan fingerprint density at radius 2 is 1.85 bits per heavy atom. The van der Waals surface area contributed by atoms with Crippen molar-refractivity contribution in [2.45, 2.75) is 71.3 Å². The van der Waals surface area contributed by atoms with Crippen molar-refractivity contribution in [2.24, 2.45) is 5.41 Å². The van der Waals surface area contributed by atoms with Gasteiger partial charge in [-0.2, -0.15) is 5.26 Å². The molecule has 1 amide bonds. The first kappa shape index (κ1) is 17.0. The van der Waals surface area contributed by atoms with Crippen LogP contribution in [-0.4, -0.2) is 35.1 Å². The number of aliphatic hydroxyl groups is 1. The lowest BCUT2D eigenvalue weighted by atomic mass is 9.79. The number of amides is 1. The summed E-state index contributed by atoms with van der Waals surface area (Å²) in [5.41, 5.74) is -0.888. The molecule has 0 bridgehead atoms. The van der Waals surface area contributed by atoms with Crippen molar-refractivity contribution in [3.63, 3.8) is 0 Å². The van der Waals surface area contributed by atoms with Crippen molar-refractivity contribution in [2.75, 3.05) is 13.2 Å². The molecule has 20 heavy (non-hydrogen) atoms. The molecule has 0 spiro atoms. The van der Waals surface area contributed by atoms with Gasteiger partial charge in [-0.25, -0.2) is 0 Å². The Morgan fingerprint density at radius 3 is 2.25 bits per heavy atom. The molecule has 0 radical (unpaired) electrons. The van der Waals surface area contributed by atoms with E-state index in [9.17, 15) is 15.2 Å². The lowest BCUT2D eigenvalue weighted by Crippen LogP contribution is -2.48. The molecule has 0 atom stereocenters. The van der Waals surface area contributed by atoms with Crippen LogP contribution in [0.25, 0.3) is 0 Å². The third kappa shape index (κ3) is 3.73. The van der Waals surface area contributed by atoms with E-state index in [4.69, 9.17) is 0 Å². The summed E-state index contributed by atoms with van der Waals surface area (Å²) in [6.45, 7) is 4.37. The fourth-order valence-electron chi connectivity index (χ4n) is 3.40. The summed E-state index contributed by atoms with van der Waals surface area (Å²) in [6.07, 6.45) is 7.18. The third-order valence-electron chi connectivity index (χ3n) is 4.34. The molecule has 0 unspecified atom stereocenters. The van der Waals surface area contributed by atoms with Gasteiger partial charge in [0.2, 0.25) is 5.91 Å². The Morgan fingerprint density at radius 1 is 1.30 bits per heavy atom. The van der Waals surface area contributed by atoms with Crippen molar-refractivity contribution in [1.82, 2.24) is 4.90 Å². The Balaban J connectivity index is 2.96. The molecule has 0 aromatic carbocycles. The summed E-state index contributed by atoms with van der Waals surface area (Å²) in [4.78, 5) is 14.7. The minimum Gasteiger partial charge on any atom is -0.395 e. The van der Waals surface area contributed by atoms with E-state index in [1.165, 1.54) is 0 Å². The minimum atomic E-state index is -0.888. The largest absolute Gasteiger partial charge is 0.395 e. The quantitative estimate of drug-likeness (QED) is 0.743. The fourth-order valence-corrected chi connectivity index (χ4v) is 3.40. The topological polar surface area (TPSA) is 64.3 Å². The second kappa shape index (κ2) is 8.26. The van der Waals surface area contributed by atoms with E-state index in [1.807, 2.05) is 13.8 Å². The summed E-state index contributed by atoms with van der Waals surface area (Å²) in [7, 11) is 0. The first-order valence-corrected chi connectivity index (χ1v) is 7.98. The van der Waals surface area contributed by atoms with Gasteiger partial charge in [0.15, 0.2) is 0 Å². The van der Waals surface area contributed by atoms with Gasteiger partial charge in [0.25, 0.3) is 0 Å². The van der Waals surface area contributed by atoms with Gasteiger partial charge < -0.3 is 10.0 Å².